The van der Waals surface area contributed by atoms with E-state index in [1.165, 1.54) is 0 Å². The molecule has 1 amide bonds. The first-order chi connectivity index (χ1) is 14.1. The molecular formula is C21H25N5O3. The molecule has 3 heterocycles. The monoisotopic (exact) mass is 395 g/mol. The highest BCUT2D eigenvalue weighted by atomic mass is 16.5. The normalized spacial score (nSPS) is 22.6. The molecule has 1 saturated heterocycles. The number of fused-ring (bicyclic) bond motifs is 1. The number of aliphatic hydroxyl groups is 1. The second-order valence-electron chi connectivity index (χ2n) is 7.49. The van der Waals surface area contributed by atoms with Crippen molar-refractivity contribution in [3.63, 3.8) is 0 Å². The molecule has 1 aromatic carbocycles. The minimum absolute atomic E-state index is 0.106. The van der Waals surface area contributed by atoms with E-state index in [1.54, 1.807) is 29.0 Å². The fourth-order valence-electron chi connectivity index (χ4n) is 3.78. The molecule has 8 nitrogen and oxygen atoms in total. The lowest BCUT2D eigenvalue weighted by atomic mass is 9.94. The number of hydrogen-bond acceptors (Lipinski definition) is 6. The Morgan fingerprint density at radius 3 is 2.93 bits per heavy atom. The Bertz CT molecular complexity index is 977. The third-order valence-electron chi connectivity index (χ3n) is 5.43. The van der Waals surface area contributed by atoms with Crippen LogP contribution in [-0.4, -0.2) is 68.5 Å². The van der Waals surface area contributed by atoms with E-state index in [-0.39, 0.29) is 25.1 Å². The number of carbonyl (C=O) groups is 1. The van der Waals surface area contributed by atoms with Crippen LogP contribution in [-0.2, 0) is 11.3 Å². The van der Waals surface area contributed by atoms with Crippen LogP contribution >= 0.6 is 0 Å². The molecule has 0 radical (unpaired) electrons. The zero-order valence-corrected chi connectivity index (χ0v) is 16.4. The van der Waals surface area contributed by atoms with Crippen LogP contribution < -0.4 is 5.32 Å². The lowest BCUT2D eigenvalue weighted by Crippen LogP contribution is -2.66. The molecule has 2 atom stereocenters. The maximum Gasteiger partial charge on any atom is 0.270 e. The van der Waals surface area contributed by atoms with E-state index in [9.17, 15) is 9.90 Å². The largest absolute Gasteiger partial charge is 0.394 e. The molecule has 0 unspecified atom stereocenters. The summed E-state index contributed by atoms with van der Waals surface area (Å²) in [6.45, 7) is 3.80. The number of amides is 1. The van der Waals surface area contributed by atoms with Gasteiger partial charge in [-0.1, -0.05) is 30.3 Å². The maximum atomic E-state index is 12.7. The summed E-state index contributed by atoms with van der Waals surface area (Å²) >= 11 is 0. The highest BCUT2D eigenvalue weighted by Gasteiger charge is 2.43. The van der Waals surface area contributed by atoms with Crippen LogP contribution in [0.5, 0.6) is 0 Å². The Labute approximate surface area is 169 Å². The number of rotatable bonds is 6. The summed E-state index contributed by atoms with van der Waals surface area (Å²) in [6, 6.07) is 13.6. The summed E-state index contributed by atoms with van der Waals surface area (Å²) in [5.74, 6) is -0.292. The summed E-state index contributed by atoms with van der Waals surface area (Å²) in [5.41, 5.74) is 1.36. The van der Waals surface area contributed by atoms with Crippen LogP contribution in [0.3, 0.4) is 0 Å². The molecule has 0 aliphatic carbocycles. The first-order valence-electron chi connectivity index (χ1n) is 9.69. The van der Waals surface area contributed by atoms with Crippen molar-refractivity contribution in [2.75, 3.05) is 26.4 Å². The smallest absolute Gasteiger partial charge is 0.270 e. The Morgan fingerprint density at radius 2 is 2.14 bits per heavy atom. The van der Waals surface area contributed by atoms with Gasteiger partial charge in [0.15, 0.2) is 5.65 Å². The summed E-state index contributed by atoms with van der Waals surface area (Å²) in [6.07, 6.45) is 3.33. The van der Waals surface area contributed by atoms with Gasteiger partial charge in [-0.2, -0.15) is 5.10 Å². The highest BCUT2D eigenvalue weighted by Crippen LogP contribution is 2.26. The molecule has 29 heavy (non-hydrogen) atoms. The number of benzene rings is 1. The lowest BCUT2D eigenvalue weighted by Gasteiger charge is -2.49. The standard InChI is InChI=1S/C21H25N5O3/c1-16-12-29-15-21(14-27,25(16)11-17-5-3-2-4-6-17)13-22-20(28)18-8-10-26-19(24-18)7-9-23-26/h2-10,16,27H,11-15H2,1H3,(H,22,28)/t16-,21+/m1/s1. The average Bonchev–Trinajstić information content (AvgIpc) is 3.23. The molecule has 2 N–H and O–H groups in total. The Kier molecular flexibility index (Phi) is 5.57. The van der Waals surface area contributed by atoms with Gasteiger partial charge >= 0.3 is 0 Å². The Balaban J connectivity index is 1.51. The summed E-state index contributed by atoms with van der Waals surface area (Å²) in [5, 5.41) is 17.3. The minimum Gasteiger partial charge on any atom is -0.394 e. The molecule has 0 saturated carbocycles. The number of aromatic nitrogens is 3. The quantitative estimate of drug-likeness (QED) is 0.650. The van der Waals surface area contributed by atoms with Crippen LogP contribution in [0.25, 0.3) is 5.65 Å². The molecule has 0 bridgehead atoms. The van der Waals surface area contributed by atoms with Gasteiger partial charge in [-0.25, -0.2) is 9.50 Å². The molecule has 8 heteroatoms. The number of carbonyl (C=O) groups excluding carboxylic acids is 1. The minimum atomic E-state index is -0.704. The summed E-state index contributed by atoms with van der Waals surface area (Å²) in [7, 11) is 0. The van der Waals surface area contributed by atoms with Crippen LogP contribution in [0.1, 0.15) is 23.0 Å². The predicted molar refractivity (Wildman–Crippen MR) is 107 cm³/mol. The van der Waals surface area contributed by atoms with E-state index < -0.39 is 5.54 Å². The fourth-order valence-corrected chi connectivity index (χ4v) is 3.78. The van der Waals surface area contributed by atoms with Gasteiger partial charge in [0.25, 0.3) is 5.91 Å². The molecule has 1 fully saturated rings. The first kappa shape index (κ1) is 19.5. The van der Waals surface area contributed by atoms with Crippen molar-refractivity contribution >= 4 is 11.6 Å². The van der Waals surface area contributed by atoms with Crippen molar-refractivity contribution < 1.29 is 14.6 Å². The predicted octanol–water partition coefficient (Wildman–Crippen LogP) is 1.11. The number of morpholine rings is 1. The Morgan fingerprint density at radius 1 is 1.31 bits per heavy atom. The van der Waals surface area contributed by atoms with Crippen LogP contribution in [0.2, 0.25) is 0 Å². The first-order valence-corrected chi connectivity index (χ1v) is 9.69. The number of nitrogens with zero attached hydrogens (tertiary/aromatic N) is 4. The van der Waals surface area contributed by atoms with Crippen molar-refractivity contribution in [2.24, 2.45) is 0 Å². The van der Waals surface area contributed by atoms with Gasteiger partial charge in [0.1, 0.15) is 5.69 Å². The van der Waals surface area contributed by atoms with Crippen LogP contribution in [0.15, 0.2) is 54.9 Å². The molecule has 152 valence electrons. The molecule has 0 spiro atoms. The van der Waals surface area contributed by atoms with Gasteiger partial charge in [-0.3, -0.25) is 9.69 Å². The van der Waals surface area contributed by atoms with Gasteiger partial charge in [0, 0.05) is 31.4 Å². The molecule has 1 aliphatic heterocycles. The summed E-state index contributed by atoms with van der Waals surface area (Å²) < 4.78 is 7.36. The van der Waals surface area contributed by atoms with Crippen molar-refractivity contribution in [1.29, 1.82) is 0 Å². The third kappa shape index (κ3) is 4.00. The van der Waals surface area contributed by atoms with E-state index in [4.69, 9.17) is 4.74 Å². The van der Waals surface area contributed by atoms with Crippen molar-refractivity contribution in [1.82, 2.24) is 24.8 Å². The maximum absolute atomic E-state index is 12.7. The van der Waals surface area contributed by atoms with Crippen LogP contribution in [0.4, 0.5) is 0 Å². The number of ether oxygens (including phenoxy) is 1. The zero-order chi connectivity index (χ0) is 20.3. The van der Waals surface area contributed by atoms with E-state index >= 15 is 0 Å². The van der Waals surface area contributed by atoms with Gasteiger partial charge in [-0.15, -0.1) is 0 Å². The number of hydrogen-bond donors (Lipinski definition) is 2. The number of nitrogens with one attached hydrogen (secondary N) is 1. The zero-order valence-electron chi connectivity index (χ0n) is 16.4. The van der Waals surface area contributed by atoms with E-state index in [1.807, 2.05) is 18.2 Å². The second-order valence-corrected chi connectivity index (χ2v) is 7.49. The number of aliphatic hydroxyl groups excluding tert-OH is 1. The fraction of sp³-hybridized carbons (Fsp3) is 0.381. The second kappa shape index (κ2) is 8.28. The van der Waals surface area contributed by atoms with Crippen LogP contribution in [0, 0.1) is 0 Å². The molecule has 2 aromatic heterocycles. The lowest BCUT2D eigenvalue weighted by molar-refractivity contribution is -0.121. The van der Waals surface area contributed by atoms with E-state index in [0.29, 0.717) is 31.1 Å². The SMILES string of the molecule is C[C@@H]1COC[C@@](CO)(CNC(=O)c2ccn3nccc3n2)N1Cc1ccccc1. The van der Waals surface area contributed by atoms with Crippen molar-refractivity contribution in [3.8, 4) is 0 Å². The molecule has 3 aromatic rings. The highest BCUT2D eigenvalue weighted by molar-refractivity contribution is 5.92. The molecular weight excluding hydrogens is 370 g/mol. The van der Waals surface area contributed by atoms with Crippen molar-refractivity contribution in [2.45, 2.75) is 25.0 Å². The third-order valence-corrected chi connectivity index (χ3v) is 5.43. The molecule has 1 aliphatic rings. The van der Waals surface area contributed by atoms with Crippen molar-refractivity contribution in [3.05, 3.63) is 66.1 Å². The van der Waals surface area contributed by atoms with Gasteiger partial charge in [-0.05, 0) is 18.6 Å². The van der Waals surface area contributed by atoms with Gasteiger partial charge in [0.2, 0.25) is 0 Å². The average molecular weight is 395 g/mol. The Hall–Kier alpha value is -2.81. The topological polar surface area (TPSA) is 92.0 Å². The summed E-state index contributed by atoms with van der Waals surface area (Å²) in [4.78, 5) is 19.3. The van der Waals surface area contributed by atoms with Gasteiger partial charge < -0.3 is 15.2 Å². The van der Waals surface area contributed by atoms with E-state index in [0.717, 1.165) is 5.56 Å². The van der Waals surface area contributed by atoms with Gasteiger partial charge in [0.05, 0.1) is 31.6 Å². The van der Waals surface area contributed by atoms with E-state index in [2.05, 4.69) is 39.4 Å². The molecule has 4 rings (SSSR count).